The zero-order chi connectivity index (χ0) is 15.6. The fourth-order valence-electron chi connectivity index (χ4n) is 2.06. The lowest BCUT2D eigenvalue weighted by molar-refractivity contribution is -0.274. The van der Waals surface area contributed by atoms with Crippen molar-refractivity contribution in [1.82, 2.24) is 4.90 Å². The van der Waals surface area contributed by atoms with Crippen LogP contribution in [-0.2, 0) is 0 Å². The molecule has 8 heteroatoms. The van der Waals surface area contributed by atoms with E-state index in [9.17, 15) is 18.0 Å². The monoisotopic (exact) mass is 299 g/mol. The number of hydrogen-bond donors (Lipinski definition) is 1. The summed E-state index contributed by atoms with van der Waals surface area (Å²) in [6.45, 7) is 3.70. The molecule has 5 nitrogen and oxygen atoms in total. The Morgan fingerprint density at radius 3 is 2.81 bits per heavy atom. The standard InChI is InChI=1S/C13H12F3N3O2/c1-2-6-19-10(11(17)18-12(19)20)8-4-3-5-9(7-8)21-13(14,15)16/h2-5,7,10H,1,6H2,(H2,17,18,20). The first-order valence-electron chi connectivity index (χ1n) is 5.93. The summed E-state index contributed by atoms with van der Waals surface area (Å²) in [6.07, 6.45) is -3.31. The van der Waals surface area contributed by atoms with Crippen LogP contribution in [0.15, 0.2) is 41.9 Å². The summed E-state index contributed by atoms with van der Waals surface area (Å²) in [6, 6.07) is 3.99. The maximum absolute atomic E-state index is 12.2. The normalized spacial score (nSPS) is 18.6. The van der Waals surface area contributed by atoms with Crippen LogP contribution in [0.2, 0.25) is 0 Å². The number of nitrogens with zero attached hydrogens (tertiary/aromatic N) is 2. The molecule has 0 saturated heterocycles. The topological polar surface area (TPSA) is 67.9 Å². The van der Waals surface area contributed by atoms with Crippen LogP contribution in [0.4, 0.5) is 18.0 Å². The van der Waals surface area contributed by atoms with Crippen LogP contribution >= 0.6 is 0 Å². The van der Waals surface area contributed by atoms with Gasteiger partial charge in [-0.05, 0) is 17.7 Å². The molecule has 0 fully saturated rings. The van der Waals surface area contributed by atoms with E-state index in [1.165, 1.54) is 29.2 Å². The van der Waals surface area contributed by atoms with E-state index in [1.54, 1.807) is 6.07 Å². The van der Waals surface area contributed by atoms with Crippen molar-refractivity contribution in [2.45, 2.75) is 12.4 Å². The molecule has 0 aromatic heterocycles. The molecule has 1 atom stereocenters. The molecule has 112 valence electrons. The number of nitrogens with two attached hydrogens (primary N) is 1. The van der Waals surface area contributed by atoms with Gasteiger partial charge in [0.25, 0.3) is 0 Å². The third-order valence-electron chi connectivity index (χ3n) is 2.80. The number of carbonyl (C=O) groups excluding carboxylic acids is 1. The summed E-state index contributed by atoms with van der Waals surface area (Å²) >= 11 is 0. The van der Waals surface area contributed by atoms with Crippen molar-refractivity contribution in [3.63, 3.8) is 0 Å². The van der Waals surface area contributed by atoms with Gasteiger partial charge >= 0.3 is 12.4 Å². The number of amidine groups is 1. The van der Waals surface area contributed by atoms with E-state index < -0.39 is 18.4 Å². The molecule has 1 heterocycles. The van der Waals surface area contributed by atoms with Crippen molar-refractivity contribution in [3.8, 4) is 5.75 Å². The summed E-state index contributed by atoms with van der Waals surface area (Å²) in [5.74, 6) is -0.364. The van der Waals surface area contributed by atoms with Gasteiger partial charge in [0.05, 0.1) is 0 Å². The molecule has 0 saturated carbocycles. The van der Waals surface area contributed by atoms with Crippen LogP contribution in [0.3, 0.4) is 0 Å². The van der Waals surface area contributed by atoms with Crippen LogP contribution in [0.25, 0.3) is 0 Å². The molecule has 2 N–H and O–H groups in total. The number of benzene rings is 1. The lowest BCUT2D eigenvalue weighted by atomic mass is 10.1. The van der Waals surface area contributed by atoms with Crippen molar-refractivity contribution >= 4 is 11.9 Å². The second-order valence-corrected chi connectivity index (χ2v) is 4.28. The molecule has 0 bridgehead atoms. The number of halogens is 3. The van der Waals surface area contributed by atoms with Crippen molar-refractivity contribution in [2.24, 2.45) is 10.7 Å². The molecule has 1 aliphatic heterocycles. The van der Waals surface area contributed by atoms with Crippen LogP contribution in [0, 0.1) is 0 Å². The number of rotatable bonds is 4. The highest BCUT2D eigenvalue weighted by molar-refractivity contribution is 6.03. The lowest BCUT2D eigenvalue weighted by Crippen LogP contribution is -2.33. The fraction of sp³-hybridized carbons (Fsp3) is 0.231. The van der Waals surface area contributed by atoms with Gasteiger partial charge in [-0.1, -0.05) is 18.2 Å². The zero-order valence-corrected chi connectivity index (χ0v) is 10.8. The lowest BCUT2D eigenvalue weighted by Gasteiger charge is -2.23. The van der Waals surface area contributed by atoms with Crippen molar-refractivity contribution in [3.05, 3.63) is 42.5 Å². The second-order valence-electron chi connectivity index (χ2n) is 4.28. The van der Waals surface area contributed by atoms with Gasteiger partial charge in [0.1, 0.15) is 17.6 Å². The number of hydrogen-bond acceptors (Lipinski definition) is 3. The summed E-state index contributed by atoms with van der Waals surface area (Å²) in [5, 5.41) is 0. The van der Waals surface area contributed by atoms with E-state index in [1.807, 2.05) is 0 Å². The van der Waals surface area contributed by atoms with Crippen molar-refractivity contribution in [2.75, 3.05) is 6.54 Å². The smallest absolute Gasteiger partial charge is 0.406 e. The second kappa shape index (κ2) is 5.47. The minimum Gasteiger partial charge on any atom is -0.406 e. The maximum atomic E-state index is 12.2. The zero-order valence-electron chi connectivity index (χ0n) is 10.8. The van der Waals surface area contributed by atoms with Gasteiger partial charge in [0.15, 0.2) is 0 Å². The number of alkyl halides is 3. The first-order chi connectivity index (χ1) is 9.81. The first kappa shape index (κ1) is 14.9. The largest absolute Gasteiger partial charge is 0.573 e. The highest BCUT2D eigenvalue weighted by Gasteiger charge is 2.35. The maximum Gasteiger partial charge on any atom is 0.573 e. The Kier molecular flexibility index (Phi) is 3.88. The Hall–Kier alpha value is -2.51. The molecule has 1 unspecified atom stereocenters. The Bertz CT molecular complexity index is 599. The van der Waals surface area contributed by atoms with E-state index in [0.717, 1.165) is 0 Å². The van der Waals surface area contributed by atoms with Crippen LogP contribution in [0.1, 0.15) is 11.6 Å². The third kappa shape index (κ3) is 3.33. The number of ether oxygens (including phenoxy) is 1. The van der Waals surface area contributed by atoms with Gasteiger partial charge in [0, 0.05) is 6.54 Å². The summed E-state index contributed by atoms with van der Waals surface area (Å²) in [7, 11) is 0. The Labute approximate surface area is 118 Å². The summed E-state index contributed by atoms with van der Waals surface area (Å²) in [5.41, 5.74) is 6.07. The molecule has 1 aliphatic rings. The van der Waals surface area contributed by atoms with Gasteiger partial charge < -0.3 is 15.4 Å². The molecule has 21 heavy (non-hydrogen) atoms. The van der Waals surface area contributed by atoms with Crippen molar-refractivity contribution < 1.29 is 22.7 Å². The van der Waals surface area contributed by atoms with E-state index >= 15 is 0 Å². The summed E-state index contributed by atoms with van der Waals surface area (Å²) < 4.78 is 40.6. The number of amides is 2. The molecule has 2 amide bonds. The molecule has 2 rings (SSSR count). The van der Waals surface area contributed by atoms with Crippen LogP contribution in [0.5, 0.6) is 5.75 Å². The van der Waals surface area contributed by atoms with E-state index in [-0.39, 0.29) is 18.1 Å². The van der Waals surface area contributed by atoms with Crippen LogP contribution < -0.4 is 10.5 Å². The van der Waals surface area contributed by atoms with Gasteiger partial charge in [-0.15, -0.1) is 19.8 Å². The molecular formula is C13H12F3N3O2. The SMILES string of the molecule is C=CCN1C(=O)N=C(N)C1c1cccc(OC(F)(F)F)c1. The number of aliphatic imine (C=N–C) groups is 1. The molecule has 1 aromatic rings. The number of carbonyl (C=O) groups is 1. The average molecular weight is 299 g/mol. The highest BCUT2D eigenvalue weighted by Crippen LogP contribution is 2.30. The predicted octanol–water partition coefficient (Wildman–Crippen LogP) is 2.61. The molecular weight excluding hydrogens is 287 g/mol. The average Bonchev–Trinajstić information content (AvgIpc) is 2.63. The number of urea groups is 1. The van der Waals surface area contributed by atoms with E-state index in [4.69, 9.17) is 5.73 Å². The van der Waals surface area contributed by atoms with Crippen LogP contribution in [-0.4, -0.2) is 29.7 Å². The molecule has 1 aromatic carbocycles. The van der Waals surface area contributed by atoms with E-state index in [2.05, 4.69) is 16.3 Å². The quantitative estimate of drug-likeness (QED) is 0.869. The Morgan fingerprint density at radius 2 is 2.19 bits per heavy atom. The van der Waals surface area contributed by atoms with Gasteiger partial charge in [-0.3, -0.25) is 0 Å². The van der Waals surface area contributed by atoms with Gasteiger partial charge in [0.2, 0.25) is 0 Å². The third-order valence-corrected chi connectivity index (χ3v) is 2.80. The minimum atomic E-state index is -4.79. The minimum absolute atomic E-state index is 0.0195. The van der Waals surface area contributed by atoms with Gasteiger partial charge in [-0.2, -0.15) is 4.99 Å². The Morgan fingerprint density at radius 1 is 1.48 bits per heavy atom. The highest BCUT2D eigenvalue weighted by atomic mass is 19.4. The van der Waals surface area contributed by atoms with E-state index in [0.29, 0.717) is 5.56 Å². The Balaban J connectivity index is 2.32. The predicted molar refractivity (Wildman–Crippen MR) is 69.8 cm³/mol. The molecule has 0 aliphatic carbocycles. The molecule has 0 radical (unpaired) electrons. The van der Waals surface area contributed by atoms with Gasteiger partial charge in [-0.25, -0.2) is 4.79 Å². The fourth-order valence-corrected chi connectivity index (χ4v) is 2.06. The summed E-state index contributed by atoms with van der Waals surface area (Å²) in [4.78, 5) is 16.6. The first-order valence-corrected chi connectivity index (χ1v) is 5.93. The molecule has 0 spiro atoms. The van der Waals surface area contributed by atoms with Crippen molar-refractivity contribution in [1.29, 1.82) is 0 Å².